The van der Waals surface area contributed by atoms with Gasteiger partial charge in [-0.15, -0.1) is 0 Å². The number of alkyl halides is 3. The van der Waals surface area contributed by atoms with Crippen LogP contribution in [0.5, 0.6) is 0 Å². The monoisotopic (exact) mass is 461 g/mol. The number of nitrogens with zero attached hydrogens (tertiary/aromatic N) is 2. The van der Waals surface area contributed by atoms with E-state index in [9.17, 15) is 18.0 Å². The molecule has 0 atom stereocenters. The van der Waals surface area contributed by atoms with E-state index in [1.807, 2.05) is 13.0 Å². The van der Waals surface area contributed by atoms with Crippen molar-refractivity contribution in [3.63, 3.8) is 0 Å². The van der Waals surface area contributed by atoms with Gasteiger partial charge in [0.05, 0.1) is 11.3 Å². The molecule has 9 heteroatoms. The molecule has 1 saturated carbocycles. The molecule has 1 amide bonds. The lowest BCUT2D eigenvalue weighted by Gasteiger charge is -2.14. The summed E-state index contributed by atoms with van der Waals surface area (Å²) in [4.78, 5) is 22.6. The van der Waals surface area contributed by atoms with Crippen LogP contribution in [0.15, 0.2) is 46.7 Å². The average Bonchev–Trinajstić information content (AvgIpc) is 3.62. The number of aryl methyl sites for hydroxylation is 1. The van der Waals surface area contributed by atoms with Crippen molar-refractivity contribution in [2.24, 2.45) is 10.3 Å². The van der Waals surface area contributed by atoms with Crippen LogP contribution in [-0.2, 0) is 27.3 Å². The number of likely N-dealkylation sites (N-methyl/N-ethyl adjacent to an activating group) is 1. The van der Waals surface area contributed by atoms with Gasteiger partial charge in [-0.05, 0) is 67.5 Å². The van der Waals surface area contributed by atoms with E-state index >= 15 is 0 Å². The molecule has 0 radical (unpaired) electrons. The SMILES string of the molecule is CNC(=O)/C(=N/OC)c1cccc(C)c1CO/N=C(\C)c1cc(C2CC2)cc(C(F)(F)F)c1. The summed E-state index contributed by atoms with van der Waals surface area (Å²) in [6.07, 6.45) is -2.66. The molecule has 0 bridgehead atoms. The number of benzene rings is 2. The quantitative estimate of drug-likeness (QED) is 0.448. The van der Waals surface area contributed by atoms with Gasteiger partial charge in [0, 0.05) is 18.2 Å². The lowest BCUT2D eigenvalue weighted by atomic mass is 9.98. The number of nitrogens with one attached hydrogen (secondary N) is 1. The molecule has 0 aliphatic heterocycles. The van der Waals surface area contributed by atoms with Crippen LogP contribution in [0.25, 0.3) is 0 Å². The molecule has 0 heterocycles. The van der Waals surface area contributed by atoms with Gasteiger partial charge in [0.1, 0.15) is 13.7 Å². The van der Waals surface area contributed by atoms with Crippen molar-refractivity contribution in [2.75, 3.05) is 14.2 Å². The van der Waals surface area contributed by atoms with Crippen LogP contribution < -0.4 is 5.32 Å². The lowest BCUT2D eigenvalue weighted by Crippen LogP contribution is -2.29. The summed E-state index contributed by atoms with van der Waals surface area (Å²) < 4.78 is 40.1. The van der Waals surface area contributed by atoms with Gasteiger partial charge in [-0.25, -0.2) is 0 Å². The second-order valence-electron chi connectivity index (χ2n) is 7.87. The fourth-order valence-corrected chi connectivity index (χ4v) is 3.46. The third-order valence-corrected chi connectivity index (χ3v) is 5.45. The van der Waals surface area contributed by atoms with E-state index in [-0.39, 0.29) is 18.2 Å². The van der Waals surface area contributed by atoms with Crippen LogP contribution in [-0.4, -0.2) is 31.5 Å². The van der Waals surface area contributed by atoms with Crippen LogP contribution in [0, 0.1) is 6.92 Å². The Morgan fingerprint density at radius 1 is 1.18 bits per heavy atom. The Kier molecular flexibility index (Phi) is 7.40. The minimum absolute atomic E-state index is 0.00643. The molecule has 1 aliphatic rings. The summed E-state index contributed by atoms with van der Waals surface area (Å²) >= 11 is 0. The van der Waals surface area contributed by atoms with Crippen molar-refractivity contribution < 1.29 is 27.6 Å². The Hall–Kier alpha value is -3.36. The van der Waals surface area contributed by atoms with Gasteiger partial charge in [0.15, 0.2) is 5.71 Å². The van der Waals surface area contributed by atoms with Gasteiger partial charge in [-0.1, -0.05) is 28.5 Å². The van der Waals surface area contributed by atoms with Crippen LogP contribution in [0.1, 0.15) is 59.1 Å². The molecule has 1 N–H and O–H groups in total. The standard InChI is InChI=1S/C24H26F3N3O3/c1-14-6-5-7-20(22(30-32-4)23(31)28-3)21(14)13-33-29-15(2)17-10-18(16-8-9-16)12-19(11-17)24(25,26)27/h5-7,10-12,16H,8-9,13H2,1-4H3,(H,28,31)/b29-15+,30-22+. The van der Waals surface area contributed by atoms with Gasteiger partial charge in [-0.3, -0.25) is 4.79 Å². The first kappa shape index (κ1) is 24.3. The van der Waals surface area contributed by atoms with Crippen molar-refractivity contribution in [3.05, 3.63) is 69.8 Å². The molecule has 0 saturated heterocycles. The maximum atomic E-state index is 13.4. The maximum absolute atomic E-state index is 13.4. The normalized spacial score (nSPS) is 14.8. The number of oxime groups is 2. The van der Waals surface area contributed by atoms with E-state index < -0.39 is 17.6 Å². The molecule has 0 spiro atoms. The van der Waals surface area contributed by atoms with Gasteiger partial charge < -0.3 is 15.0 Å². The fourth-order valence-electron chi connectivity index (χ4n) is 3.46. The molecule has 3 rings (SSSR count). The van der Waals surface area contributed by atoms with E-state index in [0.29, 0.717) is 28.0 Å². The summed E-state index contributed by atoms with van der Waals surface area (Å²) in [7, 11) is 2.83. The highest BCUT2D eigenvalue weighted by Gasteiger charge is 2.33. The molecule has 33 heavy (non-hydrogen) atoms. The van der Waals surface area contributed by atoms with Crippen molar-refractivity contribution in [3.8, 4) is 0 Å². The highest BCUT2D eigenvalue weighted by molar-refractivity contribution is 6.45. The van der Waals surface area contributed by atoms with Gasteiger partial charge in [0.2, 0.25) is 0 Å². The molecular weight excluding hydrogens is 435 g/mol. The molecule has 2 aromatic carbocycles. The highest BCUT2D eigenvalue weighted by Crippen LogP contribution is 2.42. The Bertz CT molecular complexity index is 1090. The minimum Gasteiger partial charge on any atom is -0.398 e. The second-order valence-corrected chi connectivity index (χ2v) is 7.87. The fraction of sp³-hybridized carbons (Fsp3) is 0.375. The number of halogens is 3. The Morgan fingerprint density at radius 3 is 2.52 bits per heavy atom. The van der Waals surface area contributed by atoms with Gasteiger partial charge in [0.25, 0.3) is 5.91 Å². The summed E-state index contributed by atoms with van der Waals surface area (Å²) in [6.45, 7) is 3.45. The molecular formula is C24H26F3N3O3. The minimum atomic E-state index is -4.44. The Balaban J connectivity index is 1.87. The summed E-state index contributed by atoms with van der Waals surface area (Å²) in [5, 5.41) is 10.4. The number of hydrogen-bond acceptors (Lipinski definition) is 5. The second kappa shape index (κ2) is 10.1. The van der Waals surface area contributed by atoms with E-state index in [1.165, 1.54) is 20.2 Å². The highest BCUT2D eigenvalue weighted by atomic mass is 19.4. The molecule has 0 aromatic heterocycles. The van der Waals surface area contributed by atoms with Crippen molar-refractivity contribution in [1.29, 1.82) is 0 Å². The summed E-state index contributed by atoms with van der Waals surface area (Å²) in [6, 6.07) is 9.38. The first-order chi connectivity index (χ1) is 15.7. The van der Waals surface area contributed by atoms with E-state index in [4.69, 9.17) is 9.68 Å². The zero-order chi connectivity index (χ0) is 24.2. The van der Waals surface area contributed by atoms with Gasteiger partial charge in [-0.2, -0.15) is 13.2 Å². The predicted octanol–water partition coefficient (Wildman–Crippen LogP) is 4.93. The molecule has 6 nitrogen and oxygen atoms in total. The van der Waals surface area contributed by atoms with Crippen LogP contribution >= 0.6 is 0 Å². The van der Waals surface area contributed by atoms with Crippen LogP contribution in [0.2, 0.25) is 0 Å². The van der Waals surface area contributed by atoms with Gasteiger partial charge >= 0.3 is 6.18 Å². The van der Waals surface area contributed by atoms with Crippen molar-refractivity contribution in [1.82, 2.24) is 5.32 Å². The third-order valence-electron chi connectivity index (χ3n) is 5.45. The Morgan fingerprint density at radius 2 is 1.91 bits per heavy atom. The third kappa shape index (κ3) is 5.91. The first-order valence-electron chi connectivity index (χ1n) is 10.5. The zero-order valence-electron chi connectivity index (χ0n) is 18.9. The molecule has 1 fully saturated rings. The summed E-state index contributed by atoms with van der Waals surface area (Å²) in [5.74, 6) is -0.266. The molecule has 2 aromatic rings. The topological polar surface area (TPSA) is 72.3 Å². The van der Waals surface area contributed by atoms with Crippen LogP contribution in [0.4, 0.5) is 13.2 Å². The van der Waals surface area contributed by atoms with Crippen LogP contribution in [0.3, 0.4) is 0 Å². The number of amides is 1. The molecule has 1 aliphatic carbocycles. The lowest BCUT2D eigenvalue weighted by molar-refractivity contribution is -0.137. The van der Waals surface area contributed by atoms with Crippen molar-refractivity contribution in [2.45, 2.75) is 45.4 Å². The zero-order valence-corrected chi connectivity index (χ0v) is 18.9. The smallest absolute Gasteiger partial charge is 0.398 e. The first-order valence-corrected chi connectivity index (χ1v) is 10.5. The number of carbonyl (C=O) groups excluding carboxylic acids is 1. The number of carbonyl (C=O) groups is 1. The number of rotatable bonds is 8. The predicted molar refractivity (Wildman–Crippen MR) is 119 cm³/mol. The largest absolute Gasteiger partial charge is 0.416 e. The van der Waals surface area contributed by atoms with E-state index in [1.54, 1.807) is 25.1 Å². The Labute approximate surface area is 190 Å². The molecule has 0 unspecified atom stereocenters. The summed E-state index contributed by atoms with van der Waals surface area (Å²) in [5.41, 5.74) is 2.76. The van der Waals surface area contributed by atoms with Crippen molar-refractivity contribution >= 4 is 17.3 Å². The average molecular weight is 461 g/mol. The van der Waals surface area contributed by atoms with E-state index in [0.717, 1.165) is 24.5 Å². The molecule has 176 valence electrons. The van der Waals surface area contributed by atoms with E-state index in [2.05, 4.69) is 15.6 Å². The number of hydrogen-bond donors (Lipinski definition) is 1. The maximum Gasteiger partial charge on any atom is 0.416 e.